The summed E-state index contributed by atoms with van der Waals surface area (Å²) in [7, 11) is 0. The Balaban J connectivity index is 2.08. The zero-order valence-corrected chi connectivity index (χ0v) is 12.1. The fourth-order valence-electron chi connectivity index (χ4n) is 2.78. The van der Waals surface area contributed by atoms with Crippen LogP contribution in [0.1, 0.15) is 24.4 Å². The molecule has 1 fully saturated rings. The second kappa shape index (κ2) is 6.66. The van der Waals surface area contributed by atoms with E-state index in [0.717, 1.165) is 24.0 Å². The Morgan fingerprint density at radius 3 is 2.89 bits per heavy atom. The quantitative estimate of drug-likeness (QED) is 0.876. The van der Waals surface area contributed by atoms with Gasteiger partial charge in [-0.15, -0.1) is 0 Å². The van der Waals surface area contributed by atoms with Gasteiger partial charge in [-0.2, -0.15) is 0 Å². The average molecular weight is 313 g/mol. The van der Waals surface area contributed by atoms with E-state index in [-0.39, 0.29) is 6.04 Å². The van der Waals surface area contributed by atoms with E-state index in [1.165, 1.54) is 12.0 Å². The Bertz CT molecular complexity index is 386. The largest absolute Gasteiger partial charge is 0.396 e. The summed E-state index contributed by atoms with van der Waals surface area (Å²) in [6.45, 7) is 3.05. The number of halogens is 1. The number of nitrogens with zero attached hydrogens (tertiary/aromatic N) is 1. The molecule has 0 aromatic heterocycles. The van der Waals surface area contributed by atoms with Crippen LogP contribution < -0.4 is 5.73 Å². The highest BCUT2D eigenvalue weighted by Crippen LogP contribution is 2.31. The molecule has 3 nitrogen and oxygen atoms in total. The number of aliphatic hydroxyl groups is 1. The van der Waals surface area contributed by atoms with Gasteiger partial charge in [0.15, 0.2) is 0 Å². The van der Waals surface area contributed by atoms with Crippen LogP contribution in [0.4, 0.5) is 0 Å². The molecule has 2 atom stereocenters. The molecular formula is C14H21BrN2O. The van der Waals surface area contributed by atoms with Crippen LogP contribution >= 0.6 is 15.9 Å². The van der Waals surface area contributed by atoms with E-state index in [9.17, 15) is 0 Å². The topological polar surface area (TPSA) is 49.5 Å². The van der Waals surface area contributed by atoms with Crippen LogP contribution in [0.25, 0.3) is 0 Å². The molecule has 1 aliphatic rings. The number of hydrogen-bond donors (Lipinski definition) is 2. The molecule has 0 bridgehead atoms. The Labute approximate surface area is 117 Å². The van der Waals surface area contributed by atoms with E-state index < -0.39 is 0 Å². The first-order valence-electron chi connectivity index (χ1n) is 6.55. The molecule has 1 aromatic rings. The molecular weight excluding hydrogens is 292 g/mol. The maximum Gasteiger partial charge on any atom is 0.0481 e. The normalized spacial score (nSPS) is 22.3. The lowest BCUT2D eigenvalue weighted by Gasteiger charge is -2.28. The standard InChI is InChI=1S/C14H21BrN2O/c15-13-4-2-1-3-12(13)14(9-16)17-7-5-11(10-17)6-8-18/h1-4,11,14,18H,5-10,16H2. The minimum absolute atomic E-state index is 0.282. The highest BCUT2D eigenvalue weighted by atomic mass is 79.9. The van der Waals surface area contributed by atoms with Crippen LogP contribution in [0, 0.1) is 5.92 Å². The summed E-state index contributed by atoms with van der Waals surface area (Å²) < 4.78 is 1.13. The van der Waals surface area contributed by atoms with Gasteiger partial charge in [0.25, 0.3) is 0 Å². The van der Waals surface area contributed by atoms with Gasteiger partial charge in [-0.3, -0.25) is 4.90 Å². The monoisotopic (exact) mass is 312 g/mol. The van der Waals surface area contributed by atoms with E-state index >= 15 is 0 Å². The van der Waals surface area contributed by atoms with Crippen molar-refractivity contribution in [2.75, 3.05) is 26.2 Å². The third kappa shape index (κ3) is 3.12. The Morgan fingerprint density at radius 1 is 1.44 bits per heavy atom. The lowest BCUT2D eigenvalue weighted by Crippen LogP contribution is -2.32. The number of benzene rings is 1. The van der Waals surface area contributed by atoms with Crippen molar-refractivity contribution in [1.29, 1.82) is 0 Å². The van der Waals surface area contributed by atoms with E-state index in [2.05, 4.69) is 39.0 Å². The molecule has 1 aromatic carbocycles. The molecule has 0 saturated carbocycles. The number of aliphatic hydroxyl groups excluding tert-OH is 1. The smallest absolute Gasteiger partial charge is 0.0481 e. The molecule has 3 N–H and O–H groups in total. The molecule has 2 unspecified atom stereocenters. The molecule has 1 saturated heterocycles. The van der Waals surface area contributed by atoms with Crippen LogP contribution in [0.5, 0.6) is 0 Å². The van der Waals surface area contributed by atoms with E-state index in [4.69, 9.17) is 10.8 Å². The molecule has 4 heteroatoms. The van der Waals surface area contributed by atoms with Crippen LogP contribution in [0.3, 0.4) is 0 Å². The number of rotatable bonds is 5. The Kier molecular flexibility index (Phi) is 5.18. The zero-order valence-electron chi connectivity index (χ0n) is 10.6. The van der Waals surface area contributed by atoms with Gasteiger partial charge in [-0.1, -0.05) is 34.1 Å². The van der Waals surface area contributed by atoms with E-state index in [0.29, 0.717) is 19.1 Å². The molecule has 1 heterocycles. The minimum atomic E-state index is 0.282. The summed E-state index contributed by atoms with van der Waals surface area (Å²) >= 11 is 3.61. The minimum Gasteiger partial charge on any atom is -0.396 e. The van der Waals surface area contributed by atoms with Crippen LogP contribution in [0.2, 0.25) is 0 Å². The van der Waals surface area contributed by atoms with Crippen LogP contribution in [-0.4, -0.2) is 36.2 Å². The van der Waals surface area contributed by atoms with Crippen molar-refractivity contribution in [2.45, 2.75) is 18.9 Å². The van der Waals surface area contributed by atoms with Crippen LogP contribution in [0.15, 0.2) is 28.7 Å². The fourth-order valence-corrected chi connectivity index (χ4v) is 3.33. The third-order valence-electron chi connectivity index (χ3n) is 3.78. The second-order valence-electron chi connectivity index (χ2n) is 4.93. The Morgan fingerprint density at radius 2 is 2.22 bits per heavy atom. The molecule has 100 valence electrons. The summed E-state index contributed by atoms with van der Waals surface area (Å²) in [6.07, 6.45) is 2.07. The third-order valence-corrected chi connectivity index (χ3v) is 4.51. The van der Waals surface area contributed by atoms with Crippen molar-refractivity contribution in [3.63, 3.8) is 0 Å². The summed E-state index contributed by atoms with van der Waals surface area (Å²) in [5.41, 5.74) is 7.23. The van der Waals surface area contributed by atoms with E-state index in [1.54, 1.807) is 0 Å². The van der Waals surface area contributed by atoms with Crippen molar-refractivity contribution in [3.8, 4) is 0 Å². The van der Waals surface area contributed by atoms with Crippen molar-refractivity contribution in [2.24, 2.45) is 11.7 Å². The van der Waals surface area contributed by atoms with Gasteiger partial charge >= 0.3 is 0 Å². The Hall–Kier alpha value is -0.420. The van der Waals surface area contributed by atoms with Crippen molar-refractivity contribution < 1.29 is 5.11 Å². The first-order valence-corrected chi connectivity index (χ1v) is 7.35. The lowest BCUT2D eigenvalue weighted by molar-refractivity contribution is 0.222. The van der Waals surface area contributed by atoms with Crippen molar-refractivity contribution >= 4 is 15.9 Å². The highest BCUT2D eigenvalue weighted by molar-refractivity contribution is 9.10. The van der Waals surface area contributed by atoms with Gasteiger partial charge in [0.05, 0.1) is 0 Å². The van der Waals surface area contributed by atoms with Crippen molar-refractivity contribution in [1.82, 2.24) is 4.90 Å². The summed E-state index contributed by atoms with van der Waals surface area (Å²) in [5, 5.41) is 9.02. The highest BCUT2D eigenvalue weighted by Gasteiger charge is 2.28. The van der Waals surface area contributed by atoms with Gasteiger partial charge in [0.1, 0.15) is 0 Å². The maximum absolute atomic E-state index is 9.02. The first-order chi connectivity index (χ1) is 8.76. The lowest BCUT2D eigenvalue weighted by atomic mass is 10.0. The van der Waals surface area contributed by atoms with Crippen LogP contribution in [-0.2, 0) is 0 Å². The molecule has 2 rings (SSSR count). The van der Waals surface area contributed by atoms with Gasteiger partial charge < -0.3 is 10.8 Å². The predicted molar refractivity (Wildman–Crippen MR) is 77.3 cm³/mol. The predicted octanol–water partition coefficient (Wildman–Crippen LogP) is 2.15. The fraction of sp³-hybridized carbons (Fsp3) is 0.571. The molecule has 0 amide bonds. The SMILES string of the molecule is NCC(c1ccccc1Br)N1CCC(CCO)C1. The van der Waals surface area contributed by atoms with Gasteiger partial charge in [-0.05, 0) is 36.9 Å². The number of nitrogens with two attached hydrogens (primary N) is 1. The molecule has 18 heavy (non-hydrogen) atoms. The summed E-state index contributed by atoms with van der Waals surface area (Å²) in [6, 6.07) is 8.58. The molecule has 1 aliphatic heterocycles. The zero-order chi connectivity index (χ0) is 13.0. The summed E-state index contributed by atoms with van der Waals surface area (Å²) in [5.74, 6) is 0.617. The number of likely N-dealkylation sites (tertiary alicyclic amines) is 1. The molecule has 0 aliphatic carbocycles. The second-order valence-corrected chi connectivity index (χ2v) is 5.79. The molecule has 0 radical (unpaired) electrons. The maximum atomic E-state index is 9.02. The summed E-state index contributed by atoms with van der Waals surface area (Å²) in [4.78, 5) is 2.44. The van der Waals surface area contributed by atoms with Gasteiger partial charge in [0.2, 0.25) is 0 Å². The van der Waals surface area contributed by atoms with Crippen molar-refractivity contribution in [3.05, 3.63) is 34.3 Å². The average Bonchev–Trinajstić information content (AvgIpc) is 2.82. The van der Waals surface area contributed by atoms with E-state index in [1.807, 2.05) is 6.07 Å². The first kappa shape index (κ1) is 14.0. The number of hydrogen-bond acceptors (Lipinski definition) is 3. The molecule has 0 spiro atoms. The van der Waals surface area contributed by atoms with Gasteiger partial charge in [0, 0.05) is 30.2 Å². The van der Waals surface area contributed by atoms with Gasteiger partial charge in [-0.25, -0.2) is 0 Å².